The Morgan fingerprint density at radius 3 is 2.71 bits per heavy atom. The zero-order chi connectivity index (χ0) is 17.3. The summed E-state index contributed by atoms with van der Waals surface area (Å²) in [7, 11) is 0. The van der Waals surface area contributed by atoms with Crippen LogP contribution in [0.2, 0.25) is 0 Å². The summed E-state index contributed by atoms with van der Waals surface area (Å²) < 4.78 is 0. The van der Waals surface area contributed by atoms with E-state index in [1.54, 1.807) is 23.1 Å². The third kappa shape index (κ3) is 3.23. The van der Waals surface area contributed by atoms with E-state index in [9.17, 15) is 4.79 Å². The lowest BCUT2D eigenvalue weighted by molar-refractivity contribution is 0.925. The van der Waals surface area contributed by atoms with Crippen molar-refractivity contribution in [3.63, 3.8) is 0 Å². The molecule has 2 heterocycles. The fraction of sp³-hybridized carbons (Fsp3) is 0.278. The van der Waals surface area contributed by atoms with Crippen molar-refractivity contribution in [1.82, 2.24) is 9.97 Å². The Morgan fingerprint density at radius 2 is 2.04 bits per heavy atom. The Morgan fingerprint density at radius 1 is 1.33 bits per heavy atom. The van der Waals surface area contributed by atoms with Gasteiger partial charge in [-0.1, -0.05) is 12.1 Å². The van der Waals surface area contributed by atoms with Crippen molar-refractivity contribution in [3.05, 3.63) is 62.0 Å². The summed E-state index contributed by atoms with van der Waals surface area (Å²) in [5.41, 5.74) is 2.78. The molecule has 122 valence electrons. The van der Waals surface area contributed by atoms with Crippen LogP contribution >= 0.6 is 23.1 Å². The standard InChI is InChI=1S/C18H17N3OS2/c1-10-11(2)24-18-15(10)17(22)20-16(21-18)12(3)23-9-14-6-4-13(8-19)5-7-14/h4-7,12H,9H2,1-3H3,(H,20,21,22)/t12-/m0/s1. The molecule has 3 rings (SSSR count). The van der Waals surface area contributed by atoms with Crippen LogP contribution in [0, 0.1) is 25.2 Å². The van der Waals surface area contributed by atoms with Crippen LogP contribution in [0.15, 0.2) is 29.1 Å². The largest absolute Gasteiger partial charge is 0.309 e. The minimum Gasteiger partial charge on any atom is -0.309 e. The summed E-state index contributed by atoms with van der Waals surface area (Å²) in [6.45, 7) is 6.03. The van der Waals surface area contributed by atoms with Crippen LogP contribution in [0.4, 0.5) is 0 Å². The molecule has 4 nitrogen and oxygen atoms in total. The van der Waals surface area contributed by atoms with Gasteiger partial charge in [0.1, 0.15) is 10.7 Å². The van der Waals surface area contributed by atoms with Crippen molar-refractivity contribution in [2.45, 2.75) is 31.8 Å². The topological polar surface area (TPSA) is 69.5 Å². The monoisotopic (exact) mass is 355 g/mol. The van der Waals surface area contributed by atoms with Crippen molar-refractivity contribution in [2.75, 3.05) is 0 Å². The Kier molecular flexibility index (Phi) is 4.74. The highest BCUT2D eigenvalue weighted by atomic mass is 32.2. The molecule has 1 atom stereocenters. The van der Waals surface area contributed by atoms with E-state index in [0.29, 0.717) is 16.8 Å². The highest BCUT2D eigenvalue weighted by Gasteiger charge is 2.15. The average molecular weight is 355 g/mol. The molecular formula is C18H17N3OS2. The van der Waals surface area contributed by atoms with E-state index in [4.69, 9.17) is 5.26 Å². The first kappa shape index (κ1) is 16.7. The van der Waals surface area contributed by atoms with Gasteiger partial charge in [0, 0.05) is 10.6 Å². The third-order valence-corrected chi connectivity index (χ3v) is 6.35. The number of rotatable bonds is 4. The van der Waals surface area contributed by atoms with Crippen molar-refractivity contribution in [1.29, 1.82) is 5.26 Å². The molecule has 0 aliphatic carbocycles. The highest BCUT2D eigenvalue weighted by Crippen LogP contribution is 2.31. The number of hydrogen-bond acceptors (Lipinski definition) is 5. The van der Waals surface area contributed by atoms with E-state index in [1.165, 1.54) is 0 Å². The molecule has 0 saturated heterocycles. The second-order valence-corrected chi connectivity index (χ2v) is 8.21. The summed E-state index contributed by atoms with van der Waals surface area (Å²) in [5.74, 6) is 1.52. The lowest BCUT2D eigenvalue weighted by atomic mass is 10.2. The predicted octanol–water partition coefficient (Wildman–Crippen LogP) is 4.47. The van der Waals surface area contributed by atoms with E-state index in [1.807, 2.05) is 45.0 Å². The van der Waals surface area contributed by atoms with Gasteiger partial charge in [0.25, 0.3) is 5.56 Å². The molecule has 1 N–H and O–H groups in total. The number of aromatic amines is 1. The first-order valence-corrected chi connectivity index (χ1v) is 9.46. The first-order chi connectivity index (χ1) is 11.5. The maximum absolute atomic E-state index is 12.4. The number of hydrogen-bond donors (Lipinski definition) is 1. The molecule has 0 unspecified atom stereocenters. The molecule has 24 heavy (non-hydrogen) atoms. The fourth-order valence-corrected chi connectivity index (χ4v) is 4.38. The van der Waals surface area contributed by atoms with E-state index in [-0.39, 0.29) is 10.8 Å². The molecule has 0 radical (unpaired) electrons. The number of benzene rings is 1. The van der Waals surface area contributed by atoms with Crippen LogP contribution in [0.1, 0.15) is 39.6 Å². The maximum atomic E-state index is 12.4. The van der Waals surface area contributed by atoms with Gasteiger partial charge in [0.2, 0.25) is 0 Å². The fourth-order valence-electron chi connectivity index (χ4n) is 2.44. The van der Waals surface area contributed by atoms with E-state index >= 15 is 0 Å². The van der Waals surface area contributed by atoms with Crippen molar-refractivity contribution < 1.29 is 0 Å². The molecule has 1 aromatic carbocycles. The summed E-state index contributed by atoms with van der Waals surface area (Å²) >= 11 is 3.29. The Balaban J connectivity index is 1.79. The van der Waals surface area contributed by atoms with Crippen LogP contribution in [0.3, 0.4) is 0 Å². The zero-order valence-corrected chi connectivity index (χ0v) is 15.3. The van der Waals surface area contributed by atoms with E-state index < -0.39 is 0 Å². The number of aromatic nitrogens is 2. The Hall–Kier alpha value is -2.10. The van der Waals surface area contributed by atoms with E-state index in [0.717, 1.165) is 26.6 Å². The number of thioether (sulfide) groups is 1. The normalized spacial score (nSPS) is 12.2. The van der Waals surface area contributed by atoms with Gasteiger partial charge in [-0.2, -0.15) is 5.26 Å². The number of nitrogens with zero attached hydrogens (tertiary/aromatic N) is 2. The number of aryl methyl sites for hydroxylation is 2. The van der Waals surface area contributed by atoms with Crippen LogP contribution in [0.25, 0.3) is 10.2 Å². The number of nitrogens with one attached hydrogen (secondary N) is 1. The molecule has 0 aliphatic heterocycles. The minimum absolute atomic E-state index is 0.0531. The van der Waals surface area contributed by atoms with Gasteiger partial charge in [-0.05, 0) is 44.0 Å². The Bertz CT molecular complexity index is 980. The van der Waals surface area contributed by atoms with Crippen molar-refractivity contribution >= 4 is 33.3 Å². The van der Waals surface area contributed by atoms with Gasteiger partial charge in [-0.3, -0.25) is 4.79 Å². The lowest BCUT2D eigenvalue weighted by Gasteiger charge is -2.10. The lowest BCUT2D eigenvalue weighted by Crippen LogP contribution is -2.12. The van der Waals surface area contributed by atoms with Crippen LogP contribution < -0.4 is 5.56 Å². The second kappa shape index (κ2) is 6.80. The highest BCUT2D eigenvalue weighted by molar-refractivity contribution is 7.98. The van der Waals surface area contributed by atoms with Crippen LogP contribution in [0.5, 0.6) is 0 Å². The second-order valence-electron chi connectivity index (χ2n) is 5.68. The molecule has 0 amide bonds. The first-order valence-electron chi connectivity index (χ1n) is 7.60. The van der Waals surface area contributed by atoms with Gasteiger partial charge < -0.3 is 4.98 Å². The quantitative estimate of drug-likeness (QED) is 0.750. The van der Waals surface area contributed by atoms with Crippen LogP contribution in [-0.2, 0) is 5.75 Å². The molecular weight excluding hydrogens is 338 g/mol. The van der Waals surface area contributed by atoms with Crippen LogP contribution in [-0.4, -0.2) is 9.97 Å². The summed E-state index contributed by atoms with van der Waals surface area (Å²) in [4.78, 5) is 21.9. The Labute approximate surface area is 148 Å². The smallest absolute Gasteiger partial charge is 0.259 e. The van der Waals surface area contributed by atoms with Crippen molar-refractivity contribution in [3.8, 4) is 6.07 Å². The summed E-state index contributed by atoms with van der Waals surface area (Å²) in [6.07, 6.45) is 0. The molecule has 0 bridgehead atoms. The van der Waals surface area contributed by atoms with Gasteiger partial charge in [-0.25, -0.2) is 4.98 Å². The molecule has 3 aromatic rings. The number of fused-ring (bicyclic) bond motifs is 1. The minimum atomic E-state index is -0.0531. The van der Waals surface area contributed by atoms with Gasteiger partial charge in [-0.15, -0.1) is 23.1 Å². The van der Waals surface area contributed by atoms with Gasteiger partial charge in [0.05, 0.1) is 22.3 Å². The molecule has 0 saturated carbocycles. The maximum Gasteiger partial charge on any atom is 0.259 e. The summed E-state index contributed by atoms with van der Waals surface area (Å²) in [5, 5.41) is 9.63. The van der Waals surface area contributed by atoms with Gasteiger partial charge in [0.15, 0.2) is 0 Å². The molecule has 0 aliphatic rings. The predicted molar refractivity (Wildman–Crippen MR) is 101 cm³/mol. The number of H-pyrrole nitrogens is 1. The van der Waals surface area contributed by atoms with Crippen molar-refractivity contribution in [2.24, 2.45) is 0 Å². The molecule has 6 heteroatoms. The SMILES string of the molecule is Cc1sc2nc([C@H](C)SCc3ccc(C#N)cc3)[nH]c(=O)c2c1C. The molecule has 2 aromatic heterocycles. The molecule has 0 fully saturated rings. The van der Waals surface area contributed by atoms with E-state index in [2.05, 4.69) is 16.0 Å². The van der Waals surface area contributed by atoms with Gasteiger partial charge >= 0.3 is 0 Å². The zero-order valence-electron chi connectivity index (χ0n) is 13.7. The average Bonchev–Trinajstić information content (AvgIpc) is 2.87. The summed E-state index contributed by atoms with van der Waals surface area (Å²) in [6, 6.07) is 9.69. The molecule has 0 spiro atoms. The number of nitriles is 1. The number of thiophene rings is 1. The third-order valence-electron chi connectivity index (χ3n) is 4.03.